The summed E-state index contributed by atoms with van der Waals surface area (Å²) >= 11 is 13.8. The predicted molar refractivity (Wildman–Crippen MR) is 240 cm³/mol. The molecule has 10 heteroatoms. The molecule has 0 atom stereocenters. The molecule has 0 bridgehead atoms. The second-order valence-electron chi connectivity index (χ2n) is 15.5. The highest BCUT2D eigenvalue weighted by molar-refractivity contribution is 9.11. The van der Waals surface area contributed by atoms with E-state index in [1.807, 2.05) is 82.5 Å². The molecule has 5 aromatic carbocycles. The molecule has 0 radical (unpaired) electrons. The van der Waals surface area contributed by atoms with Gasteiger partial charge < -0.3 is 20.4 Å². The lowest BCUT2D eigenvalue weighted by atomic mass is 9.85. The molecule has 0 heterocycles. The highest BCUT2D eigenvalue weighted by atomic mass is 79.9. The molecule has 0 aromatic heterocycles. The van der Waals surface area contributed by atoms with Crippen molar-refractivity contribution in [3.8, 4) is 23.0 Å². The van der Waals surface area contributed by atoms with Crippen molar-refractivity contribution >= 4 is 74.5 Å². The first-order valence-electron chi connectivity index (χ1n) is 17.9. The normalized spacial score (nSPS) is 11.7. The van der Waals surface area contributed by atoms with Crippen molar-refractivity contribution in [3.05, 3.63) is 124 Å². The Hall–Kier alpha value is -2.60. The highest BCUT2D eigenvalue weighted by Gasteiger charge is 2.21. The highest BCUT2D eigenvalue weighted by Crippen LogP contribution is 2.38. The van der Waals surface area contributed by atoms with E-state index in [-0.39, 0.29) is 28.1 Å². The van der Waals surface area contributed by atoms with Gasteiger partial charge in [0.25, 0.3) is 0 Å². The first kappa shape index (κ1) is 45.8. The van der Waals surface area contributed by atoms with Gasteiger partial charge in [-0.3, -0.25) is 9.80 Å². The number of hydrogen-bond acceptors (Lipinski definition) is 6. The van der Waals surface area contributed by atoms with Gasteiger partial charge in [0, 0.05) is 52.9 Å². The van der Waals surface area contributed by atoms with Gasteiger partial charge in [0.05, 0.1) is 13.4 Å². The Morgan fingerprint density at radius 2 is 0.926 bits per heavy atom. The van der Waals surface area contributed by atoms with Crippen LogP contribution in [0.25, 0.3) is 10.8 Å². The summed E-state index contributed by atoms with van der Waals surface area (Å²) in [5, 5.41) is 43.7. The quantitative estimate of drug-likeness (QED) is 0.124. The summed E-state index contributed by atoms with van der Waals surface area (Å²) in [4.78, 5) is 4.16. The van der Waals surface area contributed by atoms with Gasteiger partial charge in [-0.25, -0.2) is 0 Å². The van der Waals surface area contributed by atoms with E-state index in [0.717, 1.165) is 37.5 Å². The van der Waals surface area contributed by atoms with E-state index in [1.165, 1.54) is 11.1 Å². The number of nitrogens with zero attached hydrogens (tertiary/aromatic N) is 2. The lowest BCUT2D eigenvalue weighted by molar-refractivity contribution is 0.305. The van der Waals surface area contributed by atoms with Crippen molar-refractivity contribution in [2.24, 2.45) is 0 Å². The van der Waals surface area contributed by atoms with Gasteiger partial charge in [-0.15, -0.1) is 0 Å². The maximum Gasteiger partial charge on any atom is 0.134 e. The molecule has 4 N–H and O–H groups in total. The first-order valence-corrected chi connectivity index (χ1v) is 21.1. The van der Waals surface area contributed by atoms with Crippen molar-refractivity contribution in [2.75, 3.05) is 14.1 Å². The van der Waals surface area contributed by atoms with Crippen LogP contribution < -0.4 is 0 Å². The fourth-order valence-corrected chi connectivity index (χ4v) is 8.22. The van der Waals surface area contributed by atoms with E-state index in [0.29, 0.717) is 45.3 Å². The molecule has 0 spiro atoms. The molecule has 0 amide bonds. The third-order valence-electron chi connectivity index (χ3n) is 8.89. The van der Waals surface area contributed by atoms with Gasteiger partial charge in [0.15, 0.2) is 0 Å². The standard InChI is InChI=1S/C23H31Br2NO2.C19H17Br2NO2.C2H6/c1-22(2,3)16-8-14(20(27)18(24)10-16)12-26(7)13-15-9-17(23(4,5)6)11-19(25)21(15)28;1-22(10-13-8-14(20)9-17(21)19(13)24)11-16-15-5-3-2-4-12(15)6-7-18(16)23;1-2/h8-11,27-28H,12-13H2,1-7H3;2-9,23-24H,10-11H2,1H3;1-2H3. The minimum Gasteiger partial charge on any atom is -0.508 e. The van der Waals surface area contributed by atoms with Crippen molar-refractivity contribution in [2.45, 2.75) is 92.4 Å². The summed E-state index contributed by atoms with van der Waals surface area (Å²) in [5.74, 6) is 1.08. The van der Waals surface area contributed by atoms with Gasteiger partial charge in [0.2, 0.25) is 0 Å². The Balaban J connectivity index is 0.000000280. The van der Waals surface area contributed by atoms with Gasteiger partial charge in [-0.05, 0) is 125 Å². The lowest BCUT2D eigenvalue weighted by Crippen LogP contribution is -2.19. The minimum atomic E-state index is -0.00624. The number of benzene rings is 5. The van der Waals surface area contributed by atoms with Gasteiger partial charge >= 0.3 is 0 Å². The zero-order chi connectivity index (χ0) is 40.7. The van der Waals surface area contributed by atoms with Gasteiger partial charge in [-0.2, -0.15) is 0 Å². The zero-order valence-electron chi connectivity index (χ0n) is 33.0. The van der Waals surface area contributed by atoms with Crippen molar-refractivity contribution in [3.63, 3.8) is 0 Å². The number of phenols is 4. The smallest absolute Gasteiger partial charge is 0.134 e. The molecule has 0 fully saturated rings. The Morgan fingerprint density at radius 1 is 0.519 bits per heavy atom. The van der Waals surface area contributed by atoms with Crippen LogP contribution in [0.3, 0.4) is 0 Å². The van der Waals surface area contributed by atoms with Crippen molar-refractivity contribution in [1.82, 2.24) is 9.80 Å². The van der Waals surface area contributed by atoms with Crippen LogP contribution in [0.1, 0.15) is 88.8 Å². The van der Waals surface area contributed by atoms with E-state index < -0.39 is 0 Å². The predicted octanol–water partition coefficient (Wildman–Crippen LogP) is 13.3. The number of halogens is 4. The zero-order valence-corrected chi connectivity index (χ0v) is 39.3. The maximum atomic E-state index is 10.5. The molecular weight excluding hydrogens is 940 g/mol. The molecule has 0 saturated carbocycles. The molecule has 292 valence electrons. The average Bonchev–Trinajstić information content (AvgIpc) is 3.09. The Morgan fingerprint density at radius 3 is 1.39 bits per heavy atom. The van der Waals surface area contributed by atoms with Crippen LogP contribution in [0.4, 0.5) is 0 Å². The maximum absolute atomic E-state index is 10.5. The Labute approximate surface area is 355 Å². The van der Waals surface area contributed by atoms with Crippen LogP contribution in [0, 0.1) is 0 Å². The van der Waals surface area contributed by atoms with Crippen LogP contribution in [-0.2, 0) is 37.0 Å². The first-order chi connectivity index (χ1) is 25.1. The molecule has 54 heavy (non-hydrogen) atoms. The molecule has 5 rings (SSSR count). The number of fused-ring (bicyclic) bond motifs is 1. The third kappa shape index (κ3) is 12.2. The van der Waals surface area contributed by atoms with E-state index in [1.54, 1.807) is 6.07 Å². The third-order valence-corrected chi connectivity index (χ3v) is 11.2. The number of hydrogen-bond donors (Lipinski definition) is 4. The summed E-state index contributed by atoms with van der Waals surface area (Å²) in [6, 6.07) is 23.5. The van der Waals surface area contributed by atoms with Crippen LogP contribution in [-0.4, -0.2) is 44.3 Å². The monoisotopic (exact) mass is 990 g/mol. The average molecular weight is 995 g/mol. The molecule has 0 aliphatic rings. The summed E-state index contributed by atoms with van der Waals surface area (Å²) in [7, 11) is 3.96. The molecule has 0 aliphatic heterocycles. The summed E-state index contributed by atoms with van der Waals surface area (Å²) in [6.45, 7) is 19.2. The molecular formula is C44H54Br4N2O4. The van der Waals surface area contributed by atoms with E-state index >= 15 is 0 Å². The number of rotatable bonds is 8. The Bertz CT molecular complexity index is 1980. The summed E-state index contributed by atoms with van der Waals surface area (Å²) < 4.78 is 2.99. The number of phenolic OH excluding ortho intramolecular Hbond substituents is 4. The van der Waals surface area contributed by atoms with Crippen LogP contribution in [0.2, 0.25) is 0 Å². The largest absolute Gasteiger partial charge is 0.508 e. The van der Waals surface area contributed by atoms with E-state index in [9.17, 15) is 20.4 Å². The SMILES string of the molecule is CC.CN(Cc1cc(Br)cc(Br)c1O)Cc1c(O)ccc2ccccc12.CN(Cc1cc(C(C)(C)C)cc(Br)c1O)Cc1cc(C(C)(C)C)cc(Br)c1O. The molecule has 0 saturated heterocycles. The topological polar surface area (TPSA) is 87.4 Å². The van der Waals surface area contributed by atoms with E-state index in [4.69, 9.17) is 0 Å². The molecule has 5 aromatic rings. The lowest BCUT2D eigenvalue weighted by Gasteiger charge is -2.25. The van der Waals surface area contributed by atoms with Crippen molar-refractivity contribution < 1.29 is 20.4 Å². The fraction of sp³-hybridized carbons (Fsp3) is 0.364. The van der Waals surface area contributed by atoms with Crippen LogP contribution in [0.15, 0.2) is 90.7 Å². The molecule has 0 aliphatic carbocycles. The minimum absolute atomic E-state index is 0.00624. The van der Waals surface area contributed by atoms with Crippen LogP contribution in [0.5, 0.6) is 23.0 Å². The summed E-state index contributed by atoms with van der Waals surface area (Å²) in [5.41, 5.74) is 5.77. The number of aromatic hydroxyl groups is 4. The second-order valence-corrected chi connectivity index (χ2v) is 18.9. The van der Waals surface area contributed by atoms with Gasteiger partial charge in [0.1, 0.15) is 23.0 Å². The second kappa shape index (κ2) is 19.5. The molecule has 0 unspecified atom stereocenters. The summed E-state index contributed by atoms with van der Waals surface area (Å²) in [6.07, 6.45) is 0. The Kier molecular flexibility index (Phi) is 16.5. The van der Waals surface area contributed by atoms with Gasteiger partial charge in [-0.1, -0.05) is 114 Å². The van der Waals surface area contributed by atoms with Crippen molar-refractivity contribution in [1.29, 1.82) is 0 Å². The van der Waals surface area contributed by atoms with E-state index in [2.05, 4.69) is 127 Å². The molecule has 6 nitrogen and oxygen atoms in total. The fourth-order valence-electron chi connectivity index (χ4n) is 5.90. The van der Waals surface area contributed by atoms with Crippen LogP contribution >= 0.6 is 63.7 Å².